The van der Waals surface area contributed by atoms with Crippen LogP contribution in [0, 0.1) is 5.92 Å². The number of benzene rings is 1. The number of amides is 3. The normalized spacial score (nSPS) is 19.0. The maximum Gasteiger partial charge on any atom is 0.279 e. The molecule has 2 fully saturated rings. The minimum absolute atomic E-state index is 0.0578. The van der Waals surface area contributed by atoms with Crippen molar-refractivity contribution in [1.82, 2.24) is 30.1 Å². The number of nitrogens with one attached hydrogen (secondary N) is 2. The molecule has 0 spiro atoms. The molecule has 0 bridgehead atoms. The van der Waals surface area contributed by atoms with Gasteiger partial charge in [0.2, 0.25) is 11.8 Å². The number of pyridine rings is 1. The molecule has 2 aliphatic rings. The molecule has 10 heteroatoms. The molecule has 222 valence electrons. The second kappa shape index (κ2) is 12.4. The molecule has 2 unspecified atom stereocenters. The minimum atomic E-state index is -0.975. The average molecular weight is 572 g/mol. The van der Waals surface area contributed by atoms with Gasteiger partial charge >= 0.3 is 0 Å². The molecule has 42 heavy (non-hydrogen) atoms. The van der Waals surface area contributed by atoms with Gasteiger partial charge in [-0.3, -0.25) is 24.3 Å². The Balaban J connectivity index is 1.39. The van der Waals surface area contributed by atoms with Crippen LogP contribution in [0.3, 0.4) is 0 Å². The van der Waals surface area contributed by atoms with Gasteiger partial charge in [-0.15, -0.1) is 0 Å². The number of nitrogens with zero attached hydrogens (tertiary/aromatic N) is 5. The molecular weight excluding hydrogens is 530 g/mol. The van der Waals surface area contributed by atoms with Crippen LogP contribution < -0.4 is 10.2 Å². The first-order chi connectivity index (χ1) is 20.1. The standard InChI is InChI=1S/C32H41N7O3/c1-32(2,3)24-7-9-26(10-8-24)39(31(42)27-19-34-21-35-27)28(22-6-5-14-33-18-22)29(40)36-25-12-16-38(17-13-25)30(41)23-11-15-37(4)20-23/h5-10,14,18-19,21,23,25,28H,11-13,15-17,20H2,1-4H3,(H,34,35)(H,36,40). The van der Waals surface area contributed by atoms with Crippen LogP contribution in [-0.2, 0) is 15.0 Å². The molecule has 1 aromatic carbocycles. The Hall–Kier alpha value is -4.05. The van der Waals surface area contributed by atoms with Crippen molar-refractivity contribution in [1.29, 1.82) is 0 Å². The first-order valence-electron chi connectivity index (χ1n) is 14.7. The van der Waals surface area contributed by atoms with E-state index in [4.69, 9.17) is 0 Å². The number of aromatic nitrogens is 3. The fraction of sp³-hybridized carbons (Fsp3) is 0.469. The number of piperidine rings is 1. The van der Waals surface area contributed by atoms with Gasteiger partial charge in [0.1, 0.15) is 11.7 Å². The molecule has 5 rings (SSSR count). The topological polar surface area (TPSA) is 115 Å². The monoisotopic (exact) mass is 571 g/mol. The molecule has 3 amide bonds. The second-order valence-electron chi connectivity index (χ2n) is 12.5. The Labute approximate surface area is 247 Å². The highest BCUT2D eigenvalue weighted by molar-refractivity contribution is 6.09. The number of aromatic amines is 1. The van der Waals surface area contributed by atoms with Gasteiger partial charge in [0.15, 0.2) is 0 Å². The summed E-state index contributed by atoms with van der Waals surface area (Å²) in [5.41, 5.74) is 2.44. The first kappa shape index (κ1) is 29.4. The van der Waals surface area contributed by atoms with Gasteiger partial charge in [-0.25, -0.2) is 4.98 Å². The summed E-state index contributed by atoms with van der Waals surface area (Å²) < 4.78 is 0. The lowest BCUT2D eigenvalue weighted by Crippen LogP contribution is -2.51. The van der Waals surface area contributed by atoms with Crippen LogP contribution in [-0.4, -0.2) is 81.7 Å². The van der Waals surface area contributed by atoms with E-state index in [1.807, 2.05) is 42.3 Å². The minimum Gasteiger partial charge on any atom is -0.351 e. The lowest BCUT2D eigenvalue weighted by molar-refractivity contribution is -0.136. The summed E-state index contributed by atoms with van der Waals surface area (Å²) in [5, 5.41) is 3.20. The number of H-pyrrole nitrogens is 1. The predicted octanol–water partition coefficient (Wildman–Crippen LogP) is 3.55. The number of hydrogen-bond donors (Lipinski definition) is 2. The lowest BCUT2D eigenvalue weighted by atomic mass is 9.87. The lowest BCUT2D eigenvalue weighted by Gasteiger charge is -2.36. The Bertz CT molecular complexity index is 1360. The molecule has 0 saturated carbocycles. The quantitative estimate of drug-likeness (QED) is 0.448. The van der Waals surface area contributed by atoms with Crippen LogP contribution in [0.2, 0.25) is 0 Å². The number of imidazole rings is 1. The van der Waals surface area contributed by atoms with Crippen LogP contribution in [0.4, 0.5) is 5.69 Å². The maximum absolute atomic E-state index is 14.1. The molecule has 2 aliphatic heterocycles. The van der Waals surface area contributed by atoms with Gasteiger partial charge in [-0.1, -0.05) is 39.0 Å². The van der Waals surface area contributed by atoms with Crippen molar-refractivity contribution < 1.29 is 14.4 Å². The first-order valence-corrected chi connectivity index (χ1v) is 14.7. The summed E-state index contributed by atoms with van der Waals surface area (Å²) in [6.07, 6.45) is 8.47. The van der Waals surface area contributed by atoms with Gasteiger partial charge in [0.25, 0.3) is 5.91 Å². The number of rotatable bonds is 7. The van der Waals surface area contributed by atoms with Gasteiger partial charge in [0, 0.05) is 55.5 Å². The molecule has 0 radical (unpaired) electrons. The van der Waals surface area contributed by atoms with E-state index in [-0.39, 0.29) is 34.9 Å². The number of likely N-dealkylation sites (tertiary alicyclic amines) is 2. The summed E-state index contributed by atoms with van der Waals surface area (Å²) in [6.45, 7) is 9.35. The van der Waals surface area contributed by atoms with Gasteiger partial charge in [0.05, 0.1) is 12.2 Å². The highest BCUT2D eigenvalue weighted by atomic mass is 16.2. The van der Waals surface area contributed by atoms with Crippen molar-refractivity contribution >= 4 is 23.4 Å². The van der Waals surface area contributed by atoms with Crippen molar-refractivity contribution in [3.8, 4) is 0 Å². The Kier molecular flexibility index (Phi) is 8.72. The third kappa shape index (κ3) is 6.54. The van der Waals surface area contributed by atoms with E-state index in [1.165, 1.54) is 17.4 Å². The molecule has 10 nitrogen and oxygen atoms in total. The second-order valence-corrected chi connectivity index (χ2v) is 12.5. The van der Waals surface area contributed by atoms with Gasteiger partial charge < -0.3 is 20.1 Å². The fourth-order valence-electron chi connectivity index (χ4n) is 5.88. The van der Waals surface area contributed by atoms with Crippen molar-refractivity contribution in [2.24, 2.45) is 5.92 Å². The maximum atomic E-state index is 14.1. The molecule has 0 aliphatic carbocycles. The molecule has 3 aromatic rings. The van der Waals surface area contributed by atoms with Crippen LogP contribution in [0.25, 0.3) is 0 Å². The highest BCUT2D eigenvalue weighted by Crippen LogP contribution is 2.32. The number of carbonyl (C=O) groups excluding carboxylic acids is 3. The van der Waals surface area contributed by atoms with Crippen molar-refractivity contribution in [2.45, 2.75) is 57.5 Å². The van der Waals surface area contributed by atoms with Gasteiger partial charge in [-0.2, -0.15) is 0 Å². The number of carbonyl (C=O) groups is 3. The van der Waals surface area contributed by atoms with Crippen LogP contribution >= 0.6 is 0 Å². The molecule has 2 aromatic heterocycles. The zero-order chi connectivity index (χ0) is 29.9. The molecule has 2 saturated heterocycles. The van der Waals surface area contributed by atoms with E-state index in [2.05, 4.69) is 45.9 Å². The van der Waals surface area contributed by atoms with Gasteiger partial charge in [-0.05, 0) is 62.0 Å². The Morgan fingerprint density at radius 1 is 1.05 bits per heavy atom. The fourth-order valence-corrected chi connectivity index (χ4v) is 5.88. The highest BCUT2D eigenvalue weighted by Gasteiger charge is 2.37. The van der Waals surface area contributed by atoms with Crippen LogP contribution in [0.5, 0.6) is 0 Å². The summed E-state index contributed by atoms with van der Waals surface area (Å²) in [7, 11) is 2.05. The SMILES string of the molecule is CN1CCC(C(=O)N2CCC(NC(=O)C(c3cccnc3)N(C(=O)c3c[nH]cn3)c3ccc(C(C)(C)C)cc3)CC2)C1. The Morgan fingerprint density at radius 3 is 2.36 bits per heavy atom. The van der Waals surface area contributed by atoms with E-state index in [0.717, 1.165) is 25.1 Å². The summed E-state index contributed by atoms with van der Waals surface area (Å²) in [6, 6.07) is 10.2. The van der Waals surface area contributed by atoms with Crippen LogP contribution in [0.15, 0.2) is 61.3 Å². The van der Waals surface area contributed by atoms with E-state index < -0.39 is 11.9 Å². The zero-order valence-electron chi connectivity index (χ0n) is 24.9. The molecule has 2 atom stereocenters. The Morgan fingerprint density at radius 2 is 1.79 bits per heavy atom. The van der Waals surface area contributed by atoms with Crippen LogP contribution in [0.1, 0.15) is 67.7 Å². The van der Waals surface area contributed by atoms with Crippen molar-refractivity contribution in [3.63, 3.8) is 0 Å². The molecule has 4 heterocycles. The third-order valence-electron chi connectivity index (χ3n) is 8.35. The third-order valence-corrected chi connectivity index (χ3v) is 8.35. The van der Waals surface area contributed by atoms with E-state index in [9.17, 15) is 14.4 Å². The van der Waals surface area contributed by atoms with E-state index >= 15 is 0 Å². The smallest absolute Gasteiger partial charge is 0.279 e. The largest absolute Gasteiger partial charge is 0.351 e. The number of hydrogen-bond acceptors (Lipinski definition) is 6. The summed E-state index contributed by atoms with van der Waals surface area (Å²) in [4.78, 5) is 58.1. The summed E-state index contributed by atoms with van der Waals surface area (Å²) in [5.74, 6) is -0.422. The average Bonchev–Trinajstić information content (AvgIpc) is 3.68. The number of anilines is 1. The van der Waals surface area contributed by atoms with E-state index in [1.54, 1.807) is 18.5 Å². The van der Waals surface area contributed by atoms with E-state index in [0.29, 0.717) is 37.2 Å². The van der Waals surface area contributed by atoms with Crippen molar-refractivity contribution in [3.05, 3.63) is 78.1 Å². The molecular formula is C32H41N7O3. The molecule has 2 N–H and O–H groups in total. The predicted molar refractivity (Wildman–Crippen MR) is 161 cm³/mol. The zero-order valence-corrected chi connectivity index (χ0v) is 24.9. The van der Waals surface area contributed by atoms with Crippen molar-refractivity contribution in [2.75, 3.05) is 38.1 Å². The summed E-state index contributed by atoms with van der Waals surface area (Å²) >= 11 is 0.